The van der Waals surface area contributed by atoms with Crippen LogP contribution in [0.25, 0.3) is 0 Å². The molecule has 22 heavy (non-hydrogen) atoms. The molecule has 0 aromatic heterocycles. The third-order valence-electron chi connectivity index (χ3n) is 4.81. The van der Waals surface area contributed by atoms with Crippen LogP contribution in [0, 0.1) is 17.3 Å². The number of carbonyl (C=O) groups is 2. The predicted octanol–water partition coefficient (Wildman–Crippen LogP) is 1.89. The van der Waals surface area contributed by atoms with Crippen molar-refractivity contribution in [2.75, 3.05) is 19.6 Å². The molecule has 0 aromatic carbocycles. The summed E-state index contributed by atoms with van der Waals surface area (Å²) < 4.78 is 5.17. The number of rotatable bonds is 5. The highest BCUT2D eigenvalue weighted by atomic mass is 35.5. The zero-order valence-corrected chi connectivity index (χ0v) is 14.6. The van der Waals surface area contributed by atoms with Crippen molar-refractivity contribution >= 4 is 24.3 Å². The average Bonchev–Trinajstić information content (AvgIpc) is 2.88. The first-order valence-electron chi connectivity index (χ1n) is 8.15. The van der Waals surface area contributed by atoms with Gasteiger partial charge in [-0.15, -0.1) is 12.4 Å². The quantitative estimate of drug-likeness (QED) is 0.754. The van der Waals surface area contributed by atoms with Gasteiger partial charge in [-0.3, -0.25) is 9.59 Å². The third kappa shape index (κ3) is 4.13. The van der Waals surface area contributed by atoms with Crippen LogP contribution in [-0.4, -0.2) is 37.6 Å². The van der Waals surface area contributed by atoms with Crippen LogP contribution < -0.4 is 10.6 Å². The summed E-state index contributed by atoms with van der Waals surface area (Å²) in [6.07, 6.45) is 4.32. The van der Waals surface area contributed by atoms with E-state index in [1.54, 1.807) is 6.92 Å². The van der Waals surface area contributed by atoms with Gasteiger partial charge < -0.3 is 15.4 Å². The maximum absolute atomic E-state index is 12.6. The van der Waals surface area contributed by atoms with Crippen LogP contribution in [0.4, 0.5) is 0 Å². The lowest BCUT2D eigenvalue weighted by Crippen LogP contribution is -2.49. The molecule has 0 aromatic rings. The van der Waals surface area contributed by atoms with Gasteiger partial charge in [-0.05, 0) is 39.2 Å². The van der Waals surface area contributed by atoms with Gasteiger partial charge in [-0.1, -0.05) is 19.8 Å². The Kier molecular flexibility index (Phi) is 7.13. The van der Waals surface area contributed by atoms with Crippen molar-refractivity contribution in [2.24, 2.45) is 17.3 Å². The van der Waals surface area contributed by atoms with Crippen LogP contribution >= 0.6 is 12.4 Å². The Labute approximate surface area is 139 Å². The Hall–Kier alpha value is -0.810. The van der Waals surface area contributed by atoms with E-state index in [4.69, 9.17) is 4.74 Å². The van der Waals surface area contributed by atoms with E-state index < -0.39 is 0 Å². The Bertz CT molecular complexity index is 403. The Balaban J connectivity index is 0.00000242. The van der Waals surface area contributed by atoms with E-state index in [1.807, 2.05) is 13.8 Å². The molecule has 1 saturated carbocycles. The molecule has 1 aliphatic carbocycles. The number of esters is 1. The van der Waals surface area contributed by atoms with E-state index in [0.29, 0.717) is 12.5 Å². The summed E-state index contributed by atoms with van der Waals surface area (Å²) in [5, 5.41) is 6.36. The molecule has 2 N–H and O–H groups in total. The second-order valence-electron chi connectivity index (χ2n) is 6.83. The topological polar surface area (TPSA) is 67.4 Å². The highest BCUT2D eigenvalue weighted by Crippen LogP contribution is 2.43. The number of halogens is 1. The van der Waals surface area contributed by atoms with Crippen LogP contribution in [0.5, 0.6) is 0 Å². The molecular weight excluding hydrogens is 304 g/mol. The molecule has 5 nitrogen and oxygen atoms in total. The number of amides is 1. The number of nitrogens with one attached hydrogen (secondary N) is 2. The van der Waals surface area contributed by atoms with E-state index in [0.717, 1.165) is 32.4 Å². The van der Waals surface area contributed by atoms with E-state index in [2.05, 4.69) is 10.6 Å². The van der Waals surface area contributed by atoms with Crippen molar-refractivity contribution in [3.63, 3.8) is 0 Å². The highest BCUT2D eigenvalue weighted by molar-refractivity contribution is 5.85. The zero-order chi connectivity index (χ0) is 15.5. The van der Waals surface area contributed by atoms with Crippen molar-refractivity contribution in [3.8, 4) is 0 Å². The number of hydrogen-bond donors (Lipinski definition) is 2. The minimum absolute atomic E-state index is 0. The molecule has 0 spiro atoms. The largest absolute Gasteiger partial charge is 0.463 e. The zero-order valence-electron chi connectivity index (χ0n) is 13.8. The smallest absolute Gasteiger partial charge is 0.310 e. The third-order valence-corrected chi connectivity index (χ3v) is 4.81. The summed E-state index contributed by atoms with van der Waals surface area (Å²) in [5.41, 5.74) is -0.250. The lowest BCUT2D eigenvalue weighted by molar-refractivity contribution is -0.151. The molecule has 1 aliphatic heterocycles. The van der Waals surface area contributed by atoms with Crippen LogP contribution in [0.2, 0.25) is 0 Å². The summed E-state index contributed by atoms with van der Waals surface area (Å²) in [6, 6.07) is 0. The van der Waals surface area contributed by atoms with Crippen LogP contribution in [0.3, 0.4) is 0 Å². The molecule has 3 atom stereocenters. The summed E-state index contributed by atoms with van der Waals surface area (Å²) in [4.78, 5) is 24.4. The predicted molar refractivity (Wildman–Crippen MR) is 87.9 cm³/mol. The summed E-state index contributed by atoms with van der Waals surface area (Å²) in [5.74, 6) is 0.0160. The van der Waals surface area contributed by atoms with E-state index in [-0.39, 0.29) is 41.7 Å². The Morgan fingerprint density at radius 1 is 1.32 bits per heavy atom. The van der Waals surface area contributed by atoms with E-state index in [1.165, 1.54) is 6.42 Å². The fourth-order valence-corrected chi connectivity index (χ4v) is 3.54. The van der Waals surface area contributed by atoms with Crippen molar-refractivity contribution < 1.29 is 14.3 Å². The summed E-state index contributed by atoms with van der Waals surface area (Å²) in [6.45, 7) is 7.54. The van der Waals surface area contributed by atoms with Crippen molar-refractivity contribution in [3.05, 3.63) is 0 Å². The first kappa shape index (κ1) is 19.2. The van der Waals surface area contributed by atoms with Gasteiger partial charge in [0.15, 0.2) is 0 Å². The fourth-order valence-electron chi connectivity index (χ4n) is 3.54. The molecule has 2 aliphatic rings. The van der Waals surface area contributed by atoms with Gasteiger partial charge in [-0.2, -0.15) is 0 Å². The van der Waals surface area contributed by atoms with Crippen LogP contribution in [0.15, 0.2) is 0 Å². The van der Waals surface area contributed by atoms with Crippen molar-refractivity contribution in [1.82, 2.24) is 10.6 Å². The van der Waals surface area contributed by atoms with Gasteiger partial charge in [0.25, 0.3) is 0 Å². The standard InChI is InChI=1S/C16H28N2O3.ClH/c1-11(2)21-14(19)12(3)8-18-15(20)16-7-5-4-6-13(16)9-17-10-16;/h11-13,17H,4-10H2,1-3H3,(H,18,20);1H/t12?,13-,16+;/m0./s1. The number of carbonyl (C=O) groups excluding carboxylic acids is 2. The van der Waals surface area contributed by atoms with E-state index >= 15 is 0 Å². The van der Waals surface area contributed by atoms with Gasteiger partial charge in [0.05, 0.1) is 17.4 Å². The molecule has 128 valence electrons. The van der Waals surface area contributed by atoms with Gasteiger partial charge in [0.1, 0.15) is 0 Å². The lowest BCUT2D eigenvalue weighted by Gasteiger charge is -2.37. The minimum Gasteiger partial charge on any atom is -0.463 e. The summed E-state index contributed by atoms with van der Waals surface area (Å²) in [7, 11) is 0. The van der Waals surface area contributed by atoms with Crippen LogP contribution in [-0.2, 0) is 14.3 Å². The molecule has 2 rings (SSSR count). The molecule has 0 bridgehead atoms. The van der Waals surface area contributed by atoms with Gasteiger partial charge >= 0.3 is 5.97 Å². The SMILES string of the molecule is CC(C)OC(=O)C(C)CNC(=O)[C@@]12CCCC[C@H]1CNC2.Cl. The second kappa shape index (κ2) is 8.16. The monoisotopic (exact) mass is 332 g/mol. The number of fused-ring (bicyclic) bond motifs is 1. The number of ether oxygens (including phenoxy) is 1. The average molecular weight is 333 g/mol. The molecule has 1 heterocycles. The number of hydrogen-bond acceptors (Lipinski definition) is 4. The van der Waals surface area contributed by atoms with Gasteiger partial charge in [-0.25, -0.2) is 0 Å². The Morgan fingerprint density at radius 3 is 2.73 bits per heavy atom. The maximum atomic E-state index is 12.6. The molecule has 2 fully saturated rings. The van der Waals surface area contributed by atoms with Gasteiger partial charge in [0.2, 0.25) is 5.91 Å². The first-order chi connectivity index (χ1) is 9.95. The molecular formula is C16H29ClN2O3. The van der Waals surface area contributed by atoms with Crippen molar-refractivity contribution in [2.45, 2.75) is 52.6 Å². The minimum atomic E-state index is -0.302. The fraction of sp³-hybridized carbons (Fsp3) is 0.875. The molecule has 0 radical (unpaired) electrons. The van der Waals surface area contributed by atoms with Gasteiger partial charge in [0, 0.05) is 13.1 Å². The molecule has 6 heteroatoms. The Morgan fingerprint density at radius 2 is 2.05 bits per heavy atom. The van der Waals surface area contributed by atoms with Crippen molar-refractivity contribution in [1.29, 1.82) is 0 Å². The lowest BCUT2D eigenvalue weighted by atomic mass is 9.67. The normalized spacial score (nSPS) is 28.5. The maximum Gasteiger partial charge on any atom is 0.310 e. The molecule has 1 saturated heterocycles. The first-order valence-corrected chi connectivity index (χ1v) is 8.15. The van der Waals surface area contributed by atoms with Crippen LogP contribution in [0.1, 0.15) is 46.5 Å². The molecule has 1 amide bonds. The summed E-state index contributed by atoms with van der Waals surface area (Å²) >= 11 is 0. The highest BCUT2D eigenvalue weighted by Gasteiger charge is 2.49. The molecule has 1 unspecified atom stereocenters. The van der Waals surface area contributed by atoms with E-state index in [9.17, 15) is 9.59 Å². The second-order valence-corrected chi connectivity index (χ2v) is 6.83.